The van der Waals surface area contributed by atoms with Gasteiger partial charge in [0, 0.05) is 19.3 Å². The molecule has 0 N–H and O–H groups in total. The zero-order valence-corrected chi connectivity index (χ0v) is 15.2. The molecular formula is C18H30N2O5. The lowest BCUT2D eigenvalue weighted by Gasteiger charge is -2.00. The first-order valence-electron chi connectivity index (χ1n) is 9.13. The molecule has 0 saturated heterocycles. The topological polar surface area (TPSA) is 103 Å². The smallest absolute Gasteiger partial charge is 0.242 e. The highest BCUT2D eigenvalue weighted by molar-refractivity contribution is 5.48. The molecular weight excluding hydrogens is 324 g/mol. The molecule has 7 heteroatoms. The molecule has 0 bridgehead atoms. The van der Waals surface area contributed by atoms with Crippen LogP contribution in [-0.2, 0) is 4.79 Å². The molecule has 0 spiro atoms. The summed E-state index contributed by atoms with van der Waals surface area (Å²) in [6.07, 6.45) is 12.5. The third-order valence-electron chi connectivity index (χ3n) is 3.97. The maximum Gasteiger partial charge on any atom is 0.242 e. The quantitative estimate of drug-likeness (QED) is 0.164. The van der Waals surface area contributed by atoms with Crippen LogP contribution in [0.3, 0.4) is 0 Å². The van der Waals surface area contributed by atoms with Crippen LogP contribution in [0.25, 0.3) is 0 Å². The lowest BCUT2D eigenvalue weighted by Crippen LogP contribution is -2.00. The highest BCUT2D eigenvalue weighted by Crippen LogP contribution is 2.15. The Kier molecular flexibility index (Phi) is 14.2. The fraction of sp³-hybridized carbons (Fsp3) is 0.722. The minimum atomic E-state index is -0.400. The number of nitrogens with zero attached hydrogens (tertiary/aromatic N) is 2. The van der Waals surface area contributed by atoms with E-state index in [-0.39, 0.29) is 17.8 Å². The molecule has 25 heavy (non-hydrogen) atoms. The third kappa shape index (κ3) is 13.0. The van der Waals surface area contributed by atoms with Crippen LogP contribution >= 0.6 is 0 Å². The fourth-order valence-corrected chi connectivity index (χ4v) is 2.49. The van der Waals surface area contributed by atoms with Gasteiger partial charge in [0.25, 0.3) is 0 Å². The standard InChI is InChI=1S/C18H30N2O5/c1-2-3-8-12-17(19(22)23)14-11-15-18(20(24)25)13-9-6-4-5-7-10-16-21/h14-16H,2-13H2,1H3/b17-14+,18-15+. The van der Waals surface area contributed by atoms with Gasteiger partial charge < -0.3 is 4.79 Å². The van der Waals surface area contributed by atoms with Crippen LogP contribution < -0.4 is 0 Å². The molecule has 0 atom stereocenters. The first kappa shape index (κ1) is 22.9. The summed E-state index contributed by atoms with van der Waals surface area (Å²) in [5.74, 6) is 0. The van der Waals surface area contributed by atoms with Crippen molar-refractivity contribution in [2.24, 2.45) is 0 Å². The van der Waals surface area contributed by atoms with Crippen molar-refractivity contribution >= 4 is 6.29 Å². The van der Waals surface area contributed by atoms with E-state index in [0.29, 0.717) is 19.3 Å². The Hall–Kier alpha value is -2.05. The number of rotatable bonds is 16. The molecule has 0 rings (SSSR count). The number of nitro groups is 2. The van der Waals surface area contributed by atoms with Gasteiger partial charge >= 0.3 is 0 Å². The van der Waals surface area contributed by atoms with Crippen LogP contribution in [0, 0.1) is 20.2 Å². The lowest BCUT2D eigenvalue weighted by atomic mass is 10.1. The van der Waals surface area contributed by atoms with E-state index in [1.54, 1.807) is 0 Å². The molecule has 0 aliphatic carbocycles. The fourth-order valence-electron chi connectivity index (χ4n) is 2.49. The van der Waals surface area contributed by atoms with Gasteiger partial charge in [0.1, 0.15) is 6.29 Å². The number of hydrogen-bond donors (Lipinski definition) is 0. The van der Waals surface area contributed by atoms with Gasteiger partial charge in [-0.2, -0.15) is 0 Å². The highest BCUT2D eigenvalue weighted by Gasteiger charge is 2.12. The minimum absolute atomic E-state index is 0.125. The highest BCUT2D eigenvalue weighted by atomic mass is 16.6. The van der Waals surface area contributed by atoms with Crippen molar-refractivity contribution in [1.29, 1.82) is 0 Å². The number of unbranched alkanes of at least 4 members (excludes halogenated alkanes) is 7. The summed E-state index contributed by atoms with van der Waals surface area (Å²) in [6, 6.07) is 0. The predicted molar refractivity (Wildman–Crippen MR) is 97.3 cm³/mol. The molecule has 0 fully saturated rings. The lowest BCUT2D eigenvalue weighted by molar-refractivity contribution is -0.429. The van der Waals surface area contributed by atoms with E-state index < -0.39 is 9.85 Å². The average Bonchev–Trinajstić information content (AvgIpc) is 2.57. The van der Waals surface area contributed by atoms with Crippen LogP contribution in [0.1, 0.15) is 84.0 Å². The summed E-state index contributed by atoms with van der Waals surface area (Å²) in [6.45, 7) is 2.03. The van der Waals surface area contributed by atoms with Crippen molar-refractivity contribution in [2.75, 3.05) is 0 Å². The van der Waals surface area contributed by atoms with Crippen molar-refractivity contribution in [3.63, 3.8) is 0 Å². The normalized spacial score (nSPS) is 12.2. The van der Waals surface area contributed by atoms with Gasteiger partial charge in [0.05, 0.1) is 9.85 Å². The Balaban J connectivity index is 4.35. The van der Waals surface area contributed by atoms with Crippen LogP contribution in [0.2, 0.25) is 0 Å². The monoisotopic (exact) mass is 354 g/mol. The molecule has 0 aliphatic heterocycles. The van der Waals surface area contributed by atoms with Gasteiger partial charge in [-0.05, 0) is 37.8 Å². The molecule has 0 amide bonds. The summed E-state index contributed by atoms with van der Waals surface area (Å²) in [4.78, 5) is 31.5. The summed E-state index contributed by atoms with van der Waals surface area (Å²) >= 11 is 0. The molecule has 7 nitrogen and oxygen atoms in total. The van der Waals surface area contributed by atoms with E-state index in [9.17, 15) is 25.0 Å². The van der Waals surface area contributed by atoms with Gasteiger partial charge in [-0.3, -0.25) is 20.2 Å². The zero-order valence-electron chi connectivity index (χ0n) is 15.2. The minimum Gasteiger partial charge on any atom is -0.303 e. The van der Waals surface area contributed by atoms with E-state index in [1.165, 1.54) is 12.2 Å². The Morgan fingerprint density at radius 2 is 1.28 bits per heavy atom. The molecule has 0 aliphatic rings. The maximum atomic E-state index is 11.1. The van der Waals surface area contributed by atoms with Gasteiger partial charge in [-0.1, -0.05) is 39.0 Å². The summed E-state index contributed by atoms with van der Waals surface area (Å²) < 4.78 is 0. The average molecular weight is 354 g/mol. The molecule has 0 aromatic heterocycles. The van der Waals surface area contributed by atoms with Crippen molar-refractivity contribution in [2.45, 2.75) is 84.0 Å². The van der Waals surface area contributed by atoms with Crippen molar-refractivity contribution in [1.82, 2.24) is 0 Å². The zero-order chi connectivity index (χ0) is 18.9. The van der Waals surface area contributed by atoms with E-state index in [2.05, 4.69) is 0 Å². The number of carbonyl (C=O) groups excluding carboxylic acids is 1. The van der Waals surface area contributed by atoms with Gasteiger partial charge in [-0.25, -0.2) is 0 Å². The predicted octanol–water partition coefficient (Wildman–Crippen LogP) is 5.21. The molecule has 0 radical (unpaired) electrons. The molecule has 0 aromatic rings. The van der Waals surface area contributed by atoms with Crippen LogP contribution in [0.5, 0.6) is 0 Å². The van der Waals surface area contributed by atoms with E-state index in [4.69, 9.17) is 0 Å². The van der Waals surface area contributed by atoms with E-state index in [0.717, 1.165) is 57.7 Å². The van der Waals surface area contributed by atoms with Crippen LogP contribution in [0.4, 0.5) is 0 Å². The second kappa shape index (κ2) is 15.5. The van der Waals surface area contributed by atoms with Gasteiger partial charge in [0.2, 0.25) is 11.4 Å². The third-order valence-corrected chi connectivity index (χ3v) is 3.97. The Morgan fingerprint density at radius 3 is 1.76 bits per heavy atom. The molecule has 0 unspecified atom stereocenters. The van der Waals surface area contributed by atoms with Gasteiger partial charge in [-0.15, -0.1) is 0 Å². The SMILES string of the molecule is CCCCC/C(=C\C/C=C(\CCCCCCCC=O)[N+](=O)[O-])[N+](=O)[O-]. The van der Waals surface area contributed by atoms with E-state index in [1.807, 2.05) is 6.92 Å². The molecule has 0 aromatic carbocycles. The molecule has 142 valence electrons. The summed E-state index contributed by atoms with van der Waals surface area (Å²) in [5, 5.41) is 22.1. The van der Waals surface area contributed by atoms with Crippen LogP contribution in [0.15, 0.2) is 23.5 Å². The number of hydrogen-bond acceptors (Lipinski definition) is 5. The molecule has 0 heterocycles. The largest absolute Gasteiger partial charge is 0.303 e. The van der Waals surface area contributed by atoms with E-state index >= 15 is 0 Å². The molecule has 0 saturated carbocycles. The van der Waals surface area contributed by atoms with Crippen molar-refractivity contribution in [3.05, 3.63) is 43.8 Å². The summed E-state index contributed by atoms with van der Waals surface area (Å²) in [5.41, 5.74) is 0.267. The second-order valence-electron chi connectivity index (χ2n) is 6.07. The summed E-state index contributed by atoms with van der Waals surface area (Å²) in [7, 11) is 0. The van der Waals surface area contributed by atoms with Crippen LogP contribution in [-0.4, -0.2) is 16.1 Å². The van der Waals surface area contributed by atoms with Crippen molar-refractivity contribution in [3.8, 4) is 0 Å². The van der Waals surface area contributed by atoms with Crippen molar-refractivity contribution < 1.29 is 14.6 Å². The number of aldehydes is 1. The Morgan fingerprint density at radius 1 is 0.800 bits per heavy atom. The van der Waals surface area contributed by atoms with Gasteiger partial charge in [0.15, 0.2) is 0 Å². The Labute approximate surface area is 149 Å². The Bertz CT molecular complexity index is 472. The second-order valence-corrected chi connectivity index (χ2v) is 6.07. The maximum absolute atomic E-state index is 11.1. The first-order valence-corrected chi connectivity index (χ1v) is 9.13. The number of carbonyl (C=O) groups is 1. The number of allylic oxidation sites excluding steroid dienone is 4. The first-order chi connectivity index (χ1) is 12.0.